The van der Waals surface area contributed by atoms with Gasteiger partial charge in [-0.2, -0.15) is 5.10 Å². The van der Waals surface area contributed by atoms with Crippen LogP contribution in [0, 0.1) is 6.92 Å². The van der Waals surface area contributed by atoms with Gasteiger partial charge in [-0.05, 0) is 36.8 Å². The molecule has 6 nitrogen and oxygen atoms in total. The second kappa shape index (κ2) is 6.28. The minimum absolute atomic E-state index is 0.646. The van der Waals surface area contributed by atoms with E-state index in [1.165, 1.54) is 5.56 Å². The molecule has 0 bridgehead atoms. The first-order chi connectivity index (χ1) is 13.2. The number of aromatic nitrogens is 4. The van der Waals surface area contributed by atoms with Crippen molar-refractivity contribution in [1.29, 1.82) is 0 Å². The highest BCUT2D eigenvalue weighted by molar-refractivity contribution is 7.09. The van der Waals surface area contributed by atoms with Crippen LogP contribution in [-0.2, 0) is 20.0 Å². The summed E-state index contributed by atoms with van der Waals surface area (Å²) in [5, 5.41) is 12.2. The van der Waals surface area contributed by atoms with Gasteiger partial charge in [0.05, 0.1) is 28.5 Å². The second-order valence-corrected chi connectivity index (χ2v) is 7.74. The van der Waals surface area contributed by atoms with Gasteiger partial charge in [-0.25, -0.2) is 9.97 Å². The number of aryl methyl sites for hydroxylation is 2. The minimum Gasteiger partial charge on any atom is -0.340 e. The third kappa shape index (κ3) is 3.00. The maximum absolute atomic E-state index is 4.88. The molecule has 0 unspecified atom stereocenters. The molecule has 0 radical (unpaired) electrons. The van der Waals surface area contributed by atoms with E-state index in [4.69, 9.17) is 4.98 Å². The zero-order valence-corrected chi connectivity index (χ0v) is 15.9. The Balaban J connectivity index is 1.59. The summed E-state index contributed by atoms with van der Waals surface area (Å²) < 4.78 is 1.83. The average Bonchev–Trinajstić information content (AvgIpc) is 3.26. The quantitative estimate of drug-likeness (QED) is 0.581. The fourth-order valence-corrected chi connectivity index (χ4v) is 3.98. The van der Waals surface area contributed by atoms with Crippen molar-refractivity contribution in [2.45, 2.75) is 19.9 Å². The van der Waals surface area contributed by atoms with Crippen LogP contribution in [0.5, 0.6) is 0 Å². The second-order valence-electron chi connectivity index (χ2n) is 6.67. The third-order valence-electron chi connectivity index (χ3n) is 4.67. The molecule has 0 fully saturated rings. The first-order valence-corrected chi connectivity index (χ1v) is 9.68. The highest BCUT2D eigenvalue weighted by Gasteiger charge is 2.17. The molecule has 4 heterocycles. The molecule has 4 aromatic rings. The molecule has 1 aromatic carbocycles. The van der Waals surface area contributed by atoms with Crippen LogP contribution in [0.2, 0.25) is 0 Å². The molecular weight excluding hydrogens is 356 g/mol. The summed E-state index contributed by atoms with van der Waals surface area (Å²) in [5.74, 6) is 0.847. The van der Waals surface area contributed by atoms with Crippen molar-refractivity contribution in [3.63, 3.8) is 0 Å². The van der Waals surface area contributed by atoms with Crippen LogP contribution >= 0.6 is 11.3 Å². The molecule has 1 N–H and O–H groups in total. The number of nitrogens with one attached hydrogen (secondary N) is 1. The summed E-state index contributed by atoms with van der Waals surface area (Å²) in [4.78, 5) is 13.9. The molecular formula is C20H18N6S. The molecule has 1 aliphatic heterocycles. The van der Waals surface area contributed by atoms with E-state index >= 15 is 0 Å². The highest BCUT2D eigenvalue weighted by Crippen LogP contribution is 2.31. The molecule has 0 atom stereocenters. The van der Waals surface area contributed by atoms with Crippen molar-refractivity contribution in [1.82, 2.24) is 19.7 Å². The molecule has 0 saturated heterocycles. The topological polar surface area (TPSA) is 68.0 Å². The number of nitrogens with zero attached hydrogens (tertiary/aromatic N) is 5. The highest BCUT2D eigenvalue weighted by atomic mass is 32.1. The van der Waals surface area contributed by atoms with Crippen molar-refractivity contribution < 1.29 is 0 Å². The van der Waals surface area contributed by atoms with Gasteiger partial charge in [0.25, 0.3) is 0 Å². The van der Waals surface area contributed by atoms with E-state index in [0.717, 1.165) is 50.8 Å². The van der Waals surface area contributed by atoms with E-state index < -0.39 is 0 Å². The van der Waals surface area contributed by atoms with Crippen LogP contribution in [0.3, 0.4) is 0 Å². The Hall–Kier alpha value is -3.06. The average molecular weight is 374 g/mol. The van der Waals surface area contributed by atoms with Crippen molar-refractivity contribution in [2.75, 3.05) is 5.32 Å². The summed E-state index contributed by atoms with van der Waals surface area (Å²) in [6, 6.07) is 8.32. The van der Waals surface area contributed by atoms with Gasteiger partial charge in [-0.1, -0.05) is 0 Å². The summed E-state index contributed by atoms with van der Waals surface area (Å²) >= 11 is 1.64. The summed E-state index contributed by atoms with van der Waals surface area (Å²) in [6.45, 7) is 2.66. The SMILES string of the molecule is Cc1nc(-c2cc3c(c(Nc4ccc5cn(C)nc5c4)n2)CN=CC3)cs1. The Morgan fingerprint density at radius 2 is 2.07 bits per heavy atom. The molecule has 0 amide bonds. The third-order valence-corrected chi connectivity index (χ3v) is 5.45. The lowest BCUT2D eigenvalue weighted by Crippen LogP contribution is -2.08. The zero-order chi connectivity index (χ0) is 18.4. The van der Waals surface area contributed by atoms with Gasteiger partial charge in [0.2, 0.25) is 0 Å². The van der Waals surface area contributed by atoms with Crippen molar-refractivity contribution in [3.05, 3.63) is 52.0 Å². The minimum atomic E-state index is 0.646. The van der Waals surface area contributed by atoms with Crippen LogP contribution in [0.25, 0.3) is 22.3 Å². The number of rotatable bonds is 3. The fraction of sp³-hybridized carbons (Fsp3) is 0.200. The number of hydrogen-bond acceptors (Lipinski definition) is 6. The normalized spacial score (nSPS) is 13.1. The maximum atomic E-state index is 4.88. The molecule has 1 aliphatic rings. The fourth-order valence-electron chi connectivity index (χ4n) is 3.37. The van der Waals surface area contributed by atoms with Crippen molar-refractivity contribution in [2.24, 2.45) is 12.0 Å². The molecule has 0 spiro atoms. The largest absolute Gasteiger partial charge is 0.340 e. The Bertz CT molecular complexity index is 1190. The monoisotopic (exact) mass is 374 g/mol. The summed E-state index contributed by atoms with van der Waals surface area (Å²) in [6.07, 6.45) is 4.81. The number of hydrogen-bond donors (Lipinski definition) is 1. The number of pyridine rings is 1. The maximum Gasteiger partial charge on any atom is 0.136 e. The predicted octanol–water partition coefficient (Wildman–Crippen LogP) is 4.27. The molecule has 5 rings (SSSR count). The number of thiazole rings is 1. The molecule has 134 valence electrons. The molecule has 0 aliphatic carbocycles. The van der Waals surface area contributed by atoms with Gasteiger partial charge in [-0.3, -0.25) is 9.67 Å². The van der Waals surface area contributed by atoms with E-state index in [-0.39, 0.29) is 0 Å². The van der Waals surface area contributed by atoms with E-state index in [1.54, 1.807) is 11.3 Å². The number of aliphatic imine (C=N–C) groups is 1. The van der Waals surface area contributed by atoms with Gasteiger partial charge < -0.3 is 5.32 Å². The van der Waals surface area contributed by atoms with Crippen LogP contribution in [0.1, 0.15) is 16.1 Å². The summed E-state index contributed by atoms with van der Waals surface area (Å²) in [5.41, 5.74) is 6.15. The van der Waals surface area contributed by atoms with E-state index in [0.29, 0.717) is 6.54 Å². The van der Waals surface area contributed by atoms with Crippen molar-refractivity contribution >= 4 is 40.0 Å². The molecule has 7 heteroatoms. The van der Waals surface area contributed by atoms with Crippen LogP contribution < -0.4 is 5.32 Å². The summed E-state index contributed by atoms with van der Waals surface area (Å²) in [7, 11) is 1.93. The van der Waals surface area contributed by atoms with E-state index in [9.17, 15) is 0 Å². The predicted molar refractivity (Wildman–Crippen MR) is 110 cm³/mol. The lowest BCUT2D eigenvalue weighted by atomic mass is 10.0. The number of anilines is 2. The zero-order valence-electron chi connectivity index (χ0n) is 15.1. The van der Waals surface area contributed by atoms with Crippen LogP contribution in [0.15, 0.2) is 40.8 Å². The first-order valence-electron chi connectivity index (χ1n) is 8.80. The van der Waals surface area contributed by atoms with E-state index in [2.05, 4.69) is 50.0 Å². The number of benzene rings is 1. The molecule has 0 saturated carbocycles. The van der Waals surface area contributed by atoms with E-state index in [1.807, 2.05) is 31.1 Å². The van der Waals surface area contributed by atoms with Crippen molar-refractivity contribution in [3.8, 4) is 11.4 Å². The standard InChI is InChI=1S/C20H18N6S/c1-12-22-19(11-27-12)18-7-13-5-6-21-9-16(13)20(24-18)23-15-4-3-14-10-26(2)25-17(14)8-15/h3-4,6-8,10-11H,5,9H2,1-2H3,(H,23,24). The van der Waals surface area contributed by atoms with Gasteiger partial charge in [0.1, 0.15) is 5.82 Å². The molecule has 3 aromatic heterocycles. The van der Waals surface area contributed by atoms with Gasteiger partial charge >= 0.3 is 0 Å². The van der Waals surface area contributed by atoms with Gasteiger partial charge in [-0.15, -0.1) is 11.3 Å². The Labute approximate surface area is 160 Å². The van der Waals surface area contributed by atoms with Crippen LogP contribution in [0.4, 0.5) is 11.5 Å². The lowest BCUT2D eigenvalue weighted by Gasteiger charge is -2.17. The molecule has 27 heavy (non-hydrogen) atoms. The van der Waals surface area contributed by atoms with Crippen LogP contribution in [-0.4, -0.2) is 26.0 Å². The smallest absolute Gasteiger partial charge is 0.136 e. The first kappa shape index (κ1) is 16.1. The Kier molecular flexibility index (Phi) is 3.75. The van der Waals surface area contributed by atoms with Gasteiger partial charge in [0.15, 0.2) is 0 Å². The Morgan fingerprint density at radius 3 is 2.93 bits per heavy atom. The Morgan fingerprint density at radius 1 is 1.15 bits per heavy atom. The number of fused-ring (bicyclic) bond motifs is 2. The van der Waals surface area contributed by atoms with Gasteiger partial charge in [0, 0.05) is 47.9 Å². The lowest BCUT2D eigenvalue weighted by molar-refractivity contribution is 0.780.